The molecule has 0 unspecified atom stereocenters. The van der Waals surface area contributed by atoms with E-state index < -0.39 is 0 Å². The average Bonchev–Trinajstić information content (AvgIpc) is 2.73. The van der Waals surface area contributed by atoms with E-state index in [9.17, 15) is 4.79 Å². The zero-order valence-electron chi connectivity index (χ0n) is 15.4. The van der Waals surface area contributed by atoms with Gasteiger partial charge in [0.25, 0.3) is 5.91 Å². The van der Waals surface area contributed by atoms with E-state index in [0.29, 0.717) is 26.6 Å². The molecular weight excluding hydrogens is 415 g/mol. The Morgan fingerprint density at radius 2 is 1.90 bits per heavy atom. The molecule has 2 aromatic carbocycles. The Morgan fingerprint density at radius 1 is 1.14 bits per heavy atom. The van der Waals surface area contributed by atoms with E-state index in [0.717, 1.165) is 32.0 Å². The summed E-state index contributed by atoms with van der Waals surface area (Å²) in [7, 11) is 0. The molecule has 0 atom stereocenters. The van der Waals surface area contributed by atoms with Crippen LogP contribution in [0.15, 0.2) is 42.7 Å². The summed E-state index contributed by atoms with van der Waals surface area (Å²) in [5.74, 6) is -0.0544. The number of benzene rings is 2. The number of carbonyl (C=O) groups is 1. The highest BCUT2D eigenvalue weighted by Crippen LogP contribution is 2.30. The maximum atomic E-state index is 12.3. The Kier molecular flexibility index (Phi) is 5.99. The number of nitrogens with zero attached hydrogens (tertiary/aromatic N) is 3. The number of nitrogens with one attached hydrogen (secondary N) is 1. The highest BCUT2D eigenvalue weighted by Gasteiger charge is 2.13. The van der Waals surface area contributed by atoms with Crippen LogP contribution in [0.1, 0.15) is 0 Å². The van der Waals surface area contributed by atoms with Gasteiger partial charge < -0.3 is 19.7 Å². The van der Waals surface area contributed by atoms with Crippen LogP contribution in [0.2, 0.25) is 10.0 Å². The van der Waals surface area contributed by atoms with Crippen LogP contribution >= 0.6 is 23.2 Å². The number of hydrogen-bond donors (Lipinski definition) is 1. The molecule has 0 saturated carbocycles. The van der Waals surface area contributed by atoms with Gasteiger partial charge in [-0.1, -0.05) is 23.2 Å². The lowest BCUT2D eigenvalue weighted by molar-refractivity contribution is -0.118. The maximum absolute atomic E-state index is 12.3. The minimum absolute atomic E-state index is 0.207. The lowest BCUT2D eigenvalue weighted by atomic mass is 10.2. The molecule has 0 bridgehead atoms. The molecule has 150 valence electrons. The first-order valence-corrected chi connectivity index (χ1v) is 9.81. The van der Waals surface area contributed by atoms with Gasteiger partial charge in [-0.05, 0) is 36.4 Å². The molecule has 0 radical (unpaired) electrons. The molecule has 0 aliphatic carbocycles. The summed E-state index contributed by atoms with van der Waals surface area (Å²) in [5.41, 5.74) is 2.30. The number of morpholine rings is 1. The molecule has 1 amide bonds. The van der Waals surface area contributed by atoms with E-state index in [1.807, 2.05) is 24.3 Å². The third-order valence-electron chi connectivity index (χ3n) is 4.49. The number of amides is 1. The summed E-state index contributed by atoms with van der Waals surface area (Å²) in [6, 6.07) is 10.9. The van der Waals surface area contributed by atoms with Crippen LogP contribution in [0, 0.1) is 0 Å². The van der Waals surface area contributed by atoms with Crippen LogP contribution in [0.25, 0.3) is 10.9 Å². The zero-order chi connectivity index (χ0) is 20.2. The van der Waals surface area contributed by atoms with Crippen molar-refractivity contribution in [2.75, 3.05) is 43.1 Å². The van der Waals surface area contributed by atoms with E-state index in [-0.39, 0.29) is 18.4 Å². The standard InChI is InChI=1S/C20H18Cl2N4O3/c21-13-9-16-19(17(22)10-13)23-12-24-20(16)29-11-18(27)25-14-1-3-15(4-2-14)26-5-7-28-8-6-26/h1-4,9-10,12H,5-8,11H2,(H,25,27). The largest absolute Gasteiger partial charge is 0.467 e. The van der Waals surface area contributed by atoms with E-state index in [2.05, 4.69) is 20.2 Å². The maximum Gasteiger partial charge on any atom is 0.262 e. The SMILES string of the molecule is O=C(COc1ncnc2c(Cl)cc(Cl)cc12)Nc1ccc(N2CCOCC2)cc1. The van der Waals surface area contributed by atoms with Crippen molar-refractivity contribution in [3.63, 3.8) is 0 Å². The molecular formula is C20H18Cl2N4O3. The Hall–Kier alpha value is -2.61. The van der Waals surface area contributed by atoms with Crippen molar-refractivity contribution >= 4 is 51.4 Å². The van der Waals surface area contributed by atoms with Gasteiger partial charge in [0.15, 0.2) is 6.61 Å². The van der Waals surface area contributed by atoms with Gasteiger partial charge in [-0.2, -0.15) is 0 Å². The number of rotatable bonds is 5. The molecule has 7 nitrogen and oxygen atoms in total. The van der Waals surface area contributed by atoms with Crippen molar-refractivity contribution in [2.45, 2.75) is 0 Å². The summed E-state index contributed by atoms with van der Waals surface area (Å²) < 4.78 is 10.9. The van der Waals surface area contributed by atoms with Gasteiger partial charge >= 0.3 is 0 Å². The number of anilines is 2. The molecule has 9 heteroatoms. The van der Waals surface area contributed by atoms with Crippen LogP contribution in [-0.2, 0) is 9.53 Å². The van der Waals surface area contributed by atoms with Crippen molar-refractivity contribution in [1.82, 2.24) is 9.97 Å². The number of ether oxygens (including phenoxy) is 2. The van der Waals surface area contributed by atoms with Crippen molar-refractivity contribution < 1.29 is 14.3 Å². The fourth-order valence-electron chi connectivity index (χ4n) is 3.09. The molecule has 1 N–H and O–H groups in total. The van der Waals surface area contributed by atoms with E-state index >= 15 is 0 Å². The third kappa shape index (κ3) is 4.70. The van der Waals surface area contributed by atoms with Crippen molar-refractivity contribution in [2.24, 2.45) is 0 Å². The zero-order valence-corrected chi connectivity index (χ0v) is 16.9. The first kappa shape index (κ1) is 19.7. The number of halogens is 2. The van der Waals surface area contributed by atoms with Crippen LogP contribution in [0.4, 0.5) is 11.4 Å². The normalized spacial score (nSPS) is 14.1. The van der Waals surface area contributed by atoms with Crippen molar-refractivity contribution in [1.29, 1.82) is 0 Å². The molecule has 0 spiro atoms. The fraction of sp³-hybridized carbons (Fsp3) is 0.250. The van der Waals surface area contributed by atoms with Crippen LogP contribution in [0.3, 0.4) is 0 Å². The van der Waals surface area contributed by atoms with Gasteiger partial charge in [0, 0.05) is 29.5 Å². The van der Waals surface area contributed by atoms with E-state index in [1.54, 1.807) is 12.1 Å². The quantitative estimate of drug-likeness (QED) is 0.660. The summed E-state index contributed by atoms with van der Waals surface area (Å²) in [6.45, 7) is 2.97. The predicted molar refractivity (Wildman–Crippen MR) is 113 cm³/mol. The molecule has 1 aliphatic heterocycles. The van der Waals surface area contributed by atoms with Gasteiger partial charge in [-0.25, -0.2) is 9.97 Å². The van der Waals surface area contributed by atoms with Crippen LogP contribution < -0.4 is 15.0 Å². The lowest BCUT2D eigenvalue weighted by Gasteiger charge is -2.28. The number of fused-ring (bicyclic) bond motifs is 1. The van der Waals surface area contributed by atoms with Crippen molar-refractivity contribution in [3.05, 3.63) is 52.8 Å². The van der Waals surface area contributed by atoms with Crippen LogP contribution in [0.5, 0.6) is 5.88 Å². The summed E-state index contributed by atoms with van der Waals surface area (Å²) in [5, 5.41) is 4.19. The predicted octanol–water partition coefficient (Wildman–Crippen LogP) is 3.79. The Labute approximate surface area is 177 Å². The summed E-state index contributed by atoms with van der Waals surface area (Å²) in [4.78, 5) is 22.7. The molecule has 1 fully saturated rings. The first-order chi connectivity index (χ1) is 14.1. The smallest absolute Gasteiger partial charge is 0.262 e. The van der Waals surface area contributed by atoms with Gasteiger partial charge in [-0.15, -0.1) is 0 Å². The van der Waals surface area contributed by atoms with Crippen molar-refractivity contribution in [3.8, 4) is 5.88 Å². The highest BCUT2D eigenvalue weighted by atomic mass is 35.5. The molecule has 4 rings (SSSR count). The second-order valence-corrected chi connectivity index (χ2v) is 7.29. The van der Waals surface area contributed by atoms with Gasteiger partial charge in [0.1, 0.15) is 6.33 Å². The summed E-state index contributed by atoms with van der Waals surface area (Å²) in [6.07, 6.45) is 1.33. The number of carbonyl (C=O) groups excluding carboxylic acids is 1. The number of aromatic nitrogens is 2. The van der Waals surface area contributed by atoms with Gasteiger partial charge in [-0.3, -0.25) is 4.79 Å². The molecule has 1 saturated heterocycles. The van der Waals surface area contributed by atoms with Gasteiger partial charge in [0.2, 0.25) is 5.88 Å². The number of hydrogen-bond acceptors (Lipinski definition) is 6. The molecule has 1 aliphatic rings. The Bertz CT molecular complexity index is 1020. The summed E-state index contributed by atoms with van der Waals surface area (Å²) >= 11 is 12.2. The third-order valence-corrected chi connectivity index (χ3v) is 4.99. The minimum atomic E-state index is -0.302. The fourth-order valence-corrected chi connectivity index (χ4v) is 3.63. The minimum Gasteiger partial charge on any atom is -0.467 e. The van der Waals surface area contributed by atoms with Crippen LogP contribution in [-0.4, -0.2) is 48.8 Å². The topological polar surface area (TPSA) is 76.6 Å². The van der Waals surface area contributed by atoms with E-state index in [4.69, 9.17) is 32.7 Å². The second-order valence-electron chi connectivity index (χ2n) is 6.45. The Morgan fingerprint density at radius 3 is 2.66 bits per heavy atom. The molecule has 1 aromatic heterocycles. The lowest BCUT2D eigenvalue weighted by Crippen LogP contribution is -2.36. The molecule has 3 aromatic rings. The molecule has 2 heterocycles. The first-order valence-electron chi connectivity index (χ1n) is 9.05. The average molecular weight is 433 g/mol. The second kappa shape index (κ2) is 8.82. The highest BCUT2D eigenvalue weighted by molar-refractivity contribution is 6.38. The molecule has 29 heavy (non-hydrogen) atoms. The monoisotopic (exact) mass is 432 g/mol. The van der Waals surface area contributed by atoms with E-state index in [1.165, 1.54) is 6.33 Å². The van der Waals surface area contributed by atoms with Gasteiger partial charge in [0.05, 0.1) is 29.1 Å². The Balaban J connectivity index is 1.38.